The van der Waals surface area contributed by atoms with E-state index in [9.17, 15) is 4.79 Å². The predicted octanol–water partition coefficient (Wildman–Crippen LogP) is 0.806. The summed E-state index contributed by atoms with van der Waals surface area (Å²) >= 11 is 0. The Kier molecular flexibility index (Phi) is 3.72. The minimum atomic E-state index is -0.0653. The van der Waals surface area contributed by atoms with Crippen LogP contribution in [-0.2, 0) is 4.79 Å². The van der Waals surface area contributed by atoms with Crippen LogP contribution in [0.3, 0.4) is 0 Å². The molecule has 1 atom stereocenters. The number of ether oxygens (including phenoxy) is 2. The normalized spacial score (nSPS) is 16.9. The van der Waals surface area contributed by atoms with Gasteiger partial charge in [-0.25, -0.2) is 0 Å². The van der Waals surface area contributed by atoms with Crippen molar-refractivity contribution in [2.45, 2.75) is 6.04 Å². The smallest absolute Gasteiger partial charge is 0.259 e. The number of nitrogens with one attached hydrogen (secondary N) is 1. The van der Waals surface area contributed by atoms with Crippen LogP contribution in [0.4, 0.5) is 0 Å². The Morgan fingerprint density at radius 1 is 1.56 bits per heavy atom. The molecule has 18 heavy (non-hydrogen) atoms. The SMILES string of the molecule is CNC1COc2cc(OCC(=O)N(C)C)ccc21. The zero-order valence-corrected chi connectivity index (χ0v) is 10.9. The molecular formula is C13H18N2O3. The summed E-state index contributed by atoms with van der Waals surface area (Å²) in [6.07, 6.45) is 0. The Morgan fingerprint density at radius 2 is 2.33 bits per heavy atom. The molecule has 0 fully saturated rings. The van der Waals surface area contributed by atoms with Crippen LogP contribution in [0.1, 0.15) is 11.6 Å². The zero-order valence-electron chi connectivity index (χ0n) is 10.9. The van der Waals surface area contributed by atoms with Crippen LogP contribution < -0.4 is 14.8 Å². The van der Waals surface area contributed by atoms with Crippen molar-refractivity contribution in [2.75, 3.05) is 34.4 Å². The van der Waals surface area contributed by atoms with Gasteiger partial charge in [-0.05, 0) is 19.2 Å². The van der Waals surface area contributed by atoms with E-state index in [2.05, 4.69) is 5.32 Å². The lowest BCUT2D eigenvalue weighted by atomic mass is 10.1. The third kappa shape index (κ3) is 2.56. The average Bonchev–Trinajstić information content (AvgIpc) is 2.77. The summed E-state index contributed by atoms with van der Waals surface area (Å²) in [5.41, 5.74) is 1.13. The molecule has 0 bridgehead atoms. The van der Waals surface area contributed by atoms with Gasteiger partial charge in [0.15, 0.2) is 6.61 Å². The van der Waals surface area contributed by atoms with Gasteiger partial charge < -0.3 is 19.7 Å². The lowest BCUT2D eigenvalue weighted by Crippen LogP contribution is -2.27. The number of hydrogen-bond donors (Lipinski definition) is 1. The number of carbonyl (C=O) groups is 1. The van der Waals surface area contributed by atoms with E-state index in [1.165, 1.54) is 4.90 Å². The minimum absolute atomic E-state index is 0.0429. The molecule has 2 rings (SSSR count). The zero-order chi connectivity index (χ0) is 13.1. The van der Waals surface area contributed by atoms with Crippen molar-refractivity contribution in [3.05, 3.63) is 23.8 Å². The number of likely N-dealkylation sites (N-methyl/N-ethyl adjacent to an activating group) is 2. The predicted molar refractivity (Wildman–Crippen MR) is 67.9 cm³/mol. The van der Waals surface area contributed by atoms with Crippen molar-refractivity contribution >= 4 is 5.91 Å². The molecule has 98 valence electrons. The molecule has 5 heteroatoms. The maximum absolute atomic E-state index is 11.4. The Labute approximate surface area is 107 Å². The second-order valence-corrected chi connectivity index (χ2v) is 4.43. The summed E-state index contributed by atoms with van der Waals surface area (Å²) in [5.74, 6) is 1.41. The fraction of sp³-hybridized carbons (Fsp3) is 0.462. The third-order valence-electron chi connectivity index (χ3n) is 2.98. The quantitative estimate of drug-likeness (QED) is 0.859. The van der Waals surface area contributed by atoms with E-state index in [1.54, 1.807) is 14.1 Å². The van der Waals surface area contributed by atoms with E-state index in [1.807, 2.05) is 25.2 Å². The minimum Gasteiger partial charge on any atom is -0.491 e. The van der Waals surface area contributed by atoms with E-state index >= 15 is 0 Å². The molecule has 5 nitrogen and oxygen atoms in total. The second kappa shape index (κ2) is 5.27. The second-order valence-electron chi connectivity index (χ2n) is 4.43. The summed E-state index contributed by atoms with van der Waals surface area (Å²) in [4.78, 5) is 12.9. The first kappa shape index (κ1) is 12.7. The summed E-state index contributed by atoms with van der Waals surface area (Å²) in [7, 11) is 5.31. The van der Waals surface area contributed by atoms with E-state index in [0.29, 0.717) is 12.4 Å². The molecule has 1 amide bonds. The van der Waals surface area contributed by atoms with E-state index in [-0.39, 0.29) is 18.6 Å². The highest BCUT2D eigenvalue weighted by atomic mass is 16.5. The highest BCUT2D eigenvalue weighted by Crippen LogP contribution is 2.34. The molecule has 1 aliphatic heterocycles. The lowest BCUT2D eigenvalue weighted by Gasteiger charge is -2.12. The maximum atomic E-state index is 11.4. The van der Waals surface area contributed by atoms with Gasteiger partial charge in [-0.3, -0.25) is 4.79 Å². The summed E-state index contributed by atoms with van der Waals surface area (Å²) < 4.78 is 11.0. The number of nitrogens with zero attached hydrogens (tertiary/aromatic N) is 1. The molecule has 0 saturated carbocycles. The topological polar surface area (TPSA) is 50.8 Å². The van der Waals surface area contributed by atoms with E-state index in [0.717, 1.165) is 11.3 Å². The number of fused-ring (bicyclic) bond motifs is 1. The number of rotatable bonds is 4. The van der Waals surface area contributed by atoms with Crippen molar-refractivity contribution in [1.82, 2.24) is 10.2 Å². The Bertz CT molecular complexity index is 446. The van der Waals surface area contributed by atoms with Gasteiger partial charge in [0, 0.05) is 25.7 Å². The van der Waals surface area contributed by atoms with Gasteiger partial charge in [-0.2, -0.15) is 0 Å². The molecule has 0 aliphatic carbocycles. The van der Waals surface area contributed by atoms with E-state index < -0.39 is 0 Å². The van der Waals surface area contributed by atoms with Crippen LogP contribution in [-0.4, -0.2) is 45.2 Å². The van der Waals surface area contributed by atoms with Crippen LogP contribution >= 0.6 is 0 Å². The summed E-state index contributed by atoms with van der Waals surface area (Å²) in [6, 6.07) is 5.90. The van der Waals surface area contributed by atoms with Gasteiger partial charge in [0.05, 0.1) is 6.04 Å². The summed E-state index contributed by atoms with van der Waals surface area (Å²) in [6.45, 7) is 0.674. The van der Waals surface area contributed by atoms with Gasteiger partial charge in [0.25, 0.3) is 5.91 Å². The van der Waals surface area contributed by atoms with Gasteiger partial charge in [0.2, 0.25) is 0 Å². The molecule has 1 heterocycles. The molecule has 1 aromatic carbocycles. The van der Waals surface area contributed by atoms with Crippen LogP contribution in [0, 0.1) is 0 Å². The Morgan fingerprint density at radius 3 is 3.00 bits per heavy atom. The number of carbonyl (C=O) groups excluding carboxylic acids is 1. The molecule has 0 spiro atoms. The van der Waals surface area contributed by atoms with Gasteiger partial charge >= 0.3 is 0 Å². The van der Waals surface area contributed by atoms with Crippen molar-refractivity contribution in [3.8, 4) is 11.5 Å². The third-order valence-corrected chi connectivity index (χ3v) is 2.98. The highest BCUT2D eigenvalue weighted by Gasteiger charge is 2.22. The monoisotopic (exact) mass is 250 g/mol. The molecular weight excluding hydrogens is 232 g/mol. The van der Waals surface area contributed by atoms with Gasteiger partial charge in [-0.15, -0.1) is 0 Å². The largest absolute Gasteiger partial charge is 0.491 e. The molecule has 1 N–H and O–H groups in total. The van der Waals surface area contributed by atoms with Crippen LogP contribution in [0.2, 0.25) is 0 Å². The molecule has 0 aromatic heterocycles. The van der Waals surface area contributed by atoms with Gasteiger partial charge in [0.1, 0.15) is 18.1 Å². The Hall–Kier alpha value is -1.75. The molecule has 0 radical (unpaired) electrons. The number of amides is 1. The fourth-order valence-electron chi connectivity index (χ4n) is 1.79. The molecule has 1 aromatic rings. The Balaban J connectivity index is 2.02. The van der Waals surface area contributed by atoms with Crippen molar-refractivity contribution in [2.24, 2.45) is 0 Å². The van der Waals surface area contributed by atoms with Crippen LogP contribution in [0.25, 0.3) is 0 Å². The van der Waals surface area contributed by atoms with Crippen LogP contribution in [0.5, 0.6) is 11.5 Å². The summed E-state index contributed by atoms with van der Waals surface area (Å²) in [5, 5.41) is 3.18. The van der Waals surface area contributed by atoms with E-state index in [4.69, 9.17) is 9.47 Å². The fourth-order valence-corrected chi connectivity index (χ4v) is 1.79. The van der Waals surface area contributed by atoms with Crippen molar-refractivity contribution in [1.29, 1.82) is 0 Å². The molecule has 0 saturated heterocycles. The molecule has 1 unspecified atom stereocenters. The first-order chi connectivity index (χ1) is 8.61. The highest BCUT2D eigenvalue weighted by molar-refractivity contribution is 5.77. The molecule has 1 aliphatic rings. The lowest BCUT2D eigenvalue weighted by molar-refractivity contribution is -0.130. The maximum Gasteiger partial charge on any atom is 0.259 e. The van der Waals surface area contributed by atoms with Crippen LogP contribution in [0.15, 0.2) is 18.2 Å². The first-order valence-electron chi connectivity index (χ1n) is 5.88. The average molecular weight is 250 g/mol. The van der Waals surface area contributed by atoms with Crippen molar-refractivity contribution in [3.63, 3.8) is 0 Å². The number of hydrogen-bond acceptors (Lipinski definition) is 4. The standard InChI is InChI=1S/C13H18N2O3/c1-14-11-7-18-12-6-9(4-5-10(11)12)17-8-13(16)15(2)3/h4-6,11,14H,7-8H2,1-3H3. The van der Waals surface area contributed by atoms with Crippen molar-refractivity contribution < 1.29 is 14.3 Å². The number of benzene rings is 1. The first-order valence-corrected chi connectivity index (χ1v) is 5.88. The van der Waals surface area contributed by atoms with Gasteiger partial charge in [-0.1, -0.05) is 0 Å².